The van der Waals surface area contributed by atoms with E-state index in [4.69, 9.17) is 15.2 Å². The predicted molar refractivity (Wildman–Crippen MR) is 105 cm³/mol. The van der Waals surface area contributed by atoms with Crippen LogP contribution in [-0.4, -0.2) is 37.2 Å². The predicted octanol–water partition coefficient (Wildman–Crippen LogP) is 2.86. The second-order valence-electron chi connectivity index (χ2n) is 7.02. The highest BCUT2D eigenvalue weighted by Gasteiger charge is 2.43. The number of carbonyl (C=O) groups is 1. The molecule has 1 heterocycles. The average molecular weight is 369 g/mol. The van der Waals surface area contributed by atoms with Crippen LogP contribution in [0.25, 0.3) is 0 Å². The highest BCUT2D eigenvalue weighted by molar-refractivity contribution is 5.78. The van der Waals surface area contributed by atoms with E-state index >= 15 is 0 Å². The first-order chi connectivity index (χ1) is 12.9. The lowest BCUT2D eigenvalue weighted by atomic mass is 9.99. The molecule has 1 saturated heterocycles. The summed E-state index contributed by atoms with van der Waals surface area (Å²) in [5.41, 5.74) is 7.79. The van der Waals surface area contributed by atoms with Crippen molar-refractivity contribution in [2.45, 2.75) is 32.0 Å². The third-order valence-corrected chi connectivity index (χ3v) is 4.75. The van der Waals surface area contributed by atoms with Crippen molar-refractivity contribution in [1.29, 1.82) is 0 Å². The maximum absolute atomic E-state index is 12.4. The van der Waals surface area contributed by atoms with E-state index < -0.39 is 5.66 Å². The summed E-state index contributed by atoms with van der Waals surface area (Å²) in [4.78, 5) is 14.1. The second kappa shape index (κ2) is 7.88. The monoisotopic (exact) mass is 369 g/mol. The molecule has 2 aromatic rings. The van der Waals surface area contributed by atoms with Crippen LogP contribution in [0.3, 0.4) is 0 Å². The van der Waals surface area contributed by atoms with E-state index in [-0.39, 0.29) is 12.1 Å². The summed E-state index contributed by atoms with van der Waals surface area (Å²) in [7, 11) is 1.64. The van der Waals surface area contributed by atoms with Gasteiger partial charge in [-0.25, -0.2) is 4.79 Å². The molecular formula is C21H27N3O3. The molecule has 1 aliphatic rings. The third kappa shape index (κ3) is 4.17. The number of nitrogens with zero attached hydrogens (tertiary/aromatic N) is 1. The molecule has 1 aliphatic heterocycles. The number of benzene rings is 2. The molecule has 1 unspecified atom stereocenters. The van der Waals surface area contributed by atoms with Gasteiger partial charge in [-0.1, -0.05) is 24.3 Å². The molecule has 6 nitrogen and oxygen atoms in total. The van der Waals surface area contributed by atoms with Crippen LogP contribution < -0.4 is 20.5 Å². The molecule has 0 bridgehead atoms. The number of hydrogen-bond acceptors (Lipinski definition) is 4. The summed E-state index contributed by atoms with van der Waals surface area (Å²) >= 11 is 0. The molecular weight excluding hydrogens is 342 g/mol. The molecule has 0 aliphatic carbocycles. The molecule has 27 heavy (non-hydrogen) atoms. The summed E-state index contributed by atoms with van der Waals surface area (Å²) in [5, 5.41) is 2.87. The van der Waals surface area contributed by atoms with Gasteiger partial charge in [-0.05, 0) is 55.7 Å². The van der Waals surface area contributed by atoms with Gasteiger partial charge < -0.3 is 25.4 Å². The minimum atomic E-state index is -0.875. The number of nitrogens with one attached hydrogen (secondary N) is 1. The van der Waals surface area contributed by atoms with Gasteiger partial charge in [0, 0.05) is 6.54 Å². The zero-order chi connectivity index (χ0) is 19.4. The van der Waals surface area contributed by atoms with Crippen molar-refractivity contribution < 1.29 is 14.3 Å². The normalized spacial score (nSPS) is 19.3. The van der Waals surface area contributed by atoms with Gasteiger partial charge in [-0.2, -0.15) is 0 Å². The molecule has 2 amide bonds. The third-order valence-electron chi connectivity index (χ3n) is 4.75. The molecule has 0 spiro atoms. The number of methoxy groups -OCH3 is 1. The smallest absolute Gasteiger partial charge is 0.319 e. The Morgan fingerprint density at radius 1 is 1.11 bits per heavy atom. The first kappa shape index (κ1) is 19.0. The maximum atomic E-state index is 12.4. The van der Waals surface area contributed by atoms with Crippen molar-refractivity contribution in [2.24, 2.45) is 5.73 Å². The summed E-state index contributed by atoms with van der Waals surface area (Å²) in [6, 6.07) is 15.4. The van der Waals surface area contributed by atoms with Crippen LogP contribution in [0.15, 0.2) is 48.5 Å². The van der Waals surface area contributed by atoms with Gasteiger partial charge in [0.15, 0.2) is 0 Å². The molecule has 0 saturated carbocycles. The van der Waals surface area contributed by atoms with E-state index in [0.29, 0.717) is 19.5 Å². The van der Waals surface area contributed by atoms with Gasteiger partial charge in [0.25, 0.3) is 0 Å². The van der Waals surface area contributed by atoms with E-state index in [0.717, 1.165) is 22.6 Å². The van der Waals surface area contributed by atoms with Crippen molar-refractivity contribution >= 4 is 6.03 Å². The second-order valence-corrected chi connectivity index (χ2v) is 7.02. The summed E-state index contributed by atoms with van der Waals surface area (Å²) in [6.07, 6.45) is 0.823. The number of ether oxygens (including phenoxy) is 2. The molecule has 2 aromatic carbocycles. The van der Waals surface area contributed by atoms with E-state index in [9.17, 15) is 4.79 Å². The van der Waals surface area contributed by atoms with E-state index in [1.807, 2.05) is 62.4 Å². The highest BCUT2D eigenvalue weighted by Crippen LogP contribution is 2.29. The van der Waals surface area contributed by atoms with Gasteiger partial charge >= 0.3 is 6.03 Å². The largest absolute Gasteiger partial charge is 0.497 e. The Labute approximate surface area is 160 Å². The zero-order valence-electron chi connectivity index (χ0n) is 16.1. The molecule has 1 atom stereocenters. The topological polar surface area (TPSA) is 76.8 Å². The van der Waals surface area contributed by atoms with Gasteiger partial charge in [0.1, 0.15) is 17.2 Å². The van der Waals surface area contributed by atoms with Crippen LogP contribution in [0.5, 0.6) is 11.5 Å². The molecule has 1 fully saturated rings. The van der Waals surface area contributed by atoms with Crippen LogP contribution >= 0.6 is 0 Å². The Balaban J connectivity index is 1.73. The fraction of sp³-hybridized carbons (Fsp3) is 0.381. The lowest BCUT2D eigenvalue weighted by Gasteiger charge is -2.34. The quantitative estimate of drug-likeness (QED) is 0.787. The lowest BCUT2D eigenvalue weighted by molar-refractivity contribution is 0.160. The Morgan fingerprint density at radius 2 is 1.74 bits per heavy atom. The van der Waals surface area contributed by atoms with Gasteiger partial charge in [0.05, 0.1) is 19.8 Å². The summed E-state index contributed by atoms with van der Waals surface area (Å²) in [5.74, 6) is 1.61. The number of nitrogens with two attached hydrogens (primary N) is 1. The standard InChI is InChI=1S/C21H27N3O3/c1-15(2)27-19-10-6-17(7-11-19)21(22)14-23-20(25)24(21)13-12-16-4-8-18(26-3)9-5-16/h4-11,15H,12-14,22H2,1-3H3,(H,23,25). The number of urea groups is 1. The molecule has 3 N–H and O–H groups in total. The van der Waals surface area contributed by atoms with Crippen molar-refractivity contribution in [3.8, 4) is 11.5 Å². The lowest BCUT2D eigenvalue weighted by Crippen LogP contribution is -2.52. The number of rotatable bonds is 7. The highest BCUT2D eigenvalue weighted by atomic mass is 16.5. The summed E-state index contributed by atoms with van der Waals surface area (Å²) in [6.45, 7) is 4.87. The Bertz CT molecular complexity index is 774. The van der Waals surface area contributed by atoms with Crippen LogP contribution in [0.1, 0.15) is 25.0 Å². The Kier molecular flexibility index (Phi) is 5.56. The van der Waals surface area contributed by atoms with Crippen molar-refractivity contribution in [3.63, 3.8) is 0 Å². The SMILES string of the molecule is COc1ccc(CCN2C(=O)NCC2(N)c2ccc(OC(C)C)cc2)cc1. The van der Waals surface area contributed by atoms with Crippen molar-refractivity contribution in [2.75, 3.05) is 20.2 Å². The van der Waals surface area contributed by atoms with Gasteiger partial charge in [-0.15, -0.1) is 0 Å². The van der Waals surface area contributed by atoms with Gasteiger partial charge in [-0.3, -0.25) is 0 Å². The molecule has 6 heteroatoms. The van der Waals surface area contributed by atoms with E-state index in [1.165, 1.54) is 0 Å². The van der Waals surface area contributed by atoms with Crippen LogP contribution in [-0.2, 0) is 12.1 Å². The fourth-order valence-corrected chi connectivity index (χ4v) is 3.27. The van der Waals surface area contributed by atoms with Crippen LogP contribution in [0.2, 0.25) is 0 Å². The van der Waals surface area contributed by atoms with Gasteiger partial charge in [0.2, 0.25) is 0 Å². The zero-order valence-corrected chi connectivity index (χ0v) is 16.1. The van der Waals surface area contributed by atoms with Crippen LogP contribution in [0.4, 0.5) is 4.79 Å². The van der Waals surface area contributed by atoms with E-state index in [1.54, 1.807) is 12.0 Å². The fourth-order valence-electron chi connectivity index (χ4n) is 3.27. The minimum absolute atomic E-state index is 0.110. The first-order valence-electron chi connectivity index (χ1n) is 9.17. The number of hydrogen-bond donors (Lipinski definition) is 2. The number of carbonyl (C=O) groups excluding carboxylic acids is 1. The molecule has 3 rings (SSSR count). The van der Waals surface area contributed by atoms with Crippen molar-refractivity contribution in [3.05, 3.63) is 59.7 Å². The Hall–Kier alpha value is -2.73. The maximum Gasteiger partial charge on any atom is 0.319 e. The van der Waals surface area contributed by atoms with Crippen LogP contribution in [0, 0.1) is 0 Å². The molecule has 0 radical (unpaired) electrons. The van der Waals surface area contributed by atoms with Crippen molar-refractivity contribution in [1.82, 2.24) is 10.2 Å². The molecule has 0 aromatic heterocycles. The Morgan fingerprint density at radius 3 is 2.33 bits per heavy atom. The molecule has 144 valence electrons. The number of amides is 2. The first-order valence-corrected chi connectivity index (χ1v) is 9.17. The minimum Gasteiger partial charge on any atom is -0.497 e. The average Bonchev–Trinajstić information content (AvgIpc) is 2.96. The van der Waals surface area contributed by atoms with E-state index in [2.05, 4.69) is 5.32 Å². The summed E-state index contributed by atoms with van der Waals surface area (Å²) < 4.78 is 10.9.